The van der Waals surface area contributed by atoms with E-state index in [1.165, 1.54) is 35.3 Å². The fourth-order valence-electron chi connectivity index (χ4n) is 6.54. The zero-order valence-corrected chi connectivity index (χ0v) is 35.2. The van der Waals surface area contributed by atoms with Crippen LogP contribution in [0.5, 0.6) is 11.5 Å². The monoisotopic (exact) mass is 864 g/mol. The van der Waals surface area contributed by atoms with E-state index < -0.39 is 55.1 Å². The van der Waals surface area contributed by atoms with Gasteiger partial charge in [0.1, 0.15) is 42.5 Å². The maximum atomic E-state index is 15.2. The average Bonchev–Trinajstić information content (AvgIpc) is 3.72. The van der Waals surface area contributed by atoms with Crippen molar-refractivity contribution in [3.8, 4) is 11.5 Å². The highest BCUT2D eigenvalue weighted by Crippen LogP contribution is 2.32. The van der Waals surface area contributed by atoms with Crippen LogP contribution in [0.3, 0.4) is 0 Å². The summed E-state index contributed by atoms with van der Waals surface area (Å²) in [5.41, 5.74) is 1.76. The summed E-state index contributed by atoms with van der Waals surface area (Å²) in [6.07, 6.45) is -0.506. The van der Waals surface area contributed by atoms with Crippen molar-refractivity contribution in [2.75, 3.05) is 78.9 Å². The third-order valence-electron chi connectivity index (χ3n) is 9.86. The molecule has 2 aromatic rings. The number of alkyl carbamates (subject to hydrolysis) is 2. The standard InChI is InChI=1S/C43H56F4N4O10/c1-7-39(52)51-25-38(43(46,47)26-51)61-42(55)49-13-15-57-17-19-59-36-22-34(45)30(20-33(36)28(4)5)8-11-40(53)50-23-29(6)37(24-50)60-41(54)48-12-14-56-16-18-58-35-21-31(44)9-10-32(35)27(2)3/h7-11,20-22,27-29,37-38H,1,12-19,23-26H2,2-6H3,(H,48,54)(H,49,55)/t29-,37+,38?/m0/s1. The van der Waals surface area contributed by atoms with E-state index in [0.717, 1.165) is 16.5 Å². The van der Waals surface area contributed by atoms with Gasteiger partial charge in [-0.25, -0.2) is 27.2 Å². The van der Waals surface area contributed by atoms with Crippen LogP contribution in [-0.4, -0.2) is 131 Å². The number of halogens is 4. The first-order valence-electron chi connectivity index (χ1n) is 20.2. The molecule has 1 unspecified atom stereocenters. The molecule has 2 aliphatic rings. The first-order chi connectivity index (χ1) is 29.0. The van der Waals surface area contributed by atoms with Gasteiger partial charge < -0.3 is 48.9 Å². The Balaban J connectivity index is 1.13. The summed E-state index contributed by atoms with van der Waals surface area (Å²) in [4.78, 5) is 51.6. The zero-order chi connectivity index (χ0) is 44.7. The van der Waals surface area contributed by atoms with Gasteiger partial charge in [0.15, 0.2) is 6.10 Å². The summed E-state index contributed by atoms with van der Waals surface area (Å²) in [6, 6.07) is 7.27. The largest absolute Gasteiger partial charge is 0.491 e. The maximum absolute atomic E-state index is 15.2. The Hall–Kier alpha value is -5.36. The van der Waals surface area contributed by atoms with Gasteiger partial charge in [-0.05, 0) is 47.2 Å². The lowest BCUT2D eigenvalue weighted by Gasteiger charge is -2.18. The molecule has 0 aliphatic carbocycles. The molecule has 61 heavy (non-hydrogen) atoms. The molecule has 336 valence electrons. The molecule has 0 radical (unpaired) electrons. The van der Waals surface area contributed by atoms with Gasteiger partial charge in [0.05, 0.1) is 46.1 Å². The number of likely N-dealkylation sites (tertiary alicyclic amines) is 2. The minimum atomic E-state index is -3.40. The van der Waals surface area contributed by atoms with Crippen LogP contribution >= 0.6 is 0 Å². The molecule has 14 nitrogen and oxygen atoms in total. The van der Waals surface area contributed by atoms with E-state index in [-0.39, 0.29) is 100 Å². The van der Waals surface area contributed by atoms with Crippen molar-refractivity contribution in [1.29, 1.82) is 0 Å². The van der Waals surface area contributed by atoms with E-state index in [1.807, 2.05) is 34.6 Å². The Kier molecular flexibility index (Phi) is 18.2. The van der Waals surface area contributed by atoms with Gasteiger partial charge in [-0.2, -0.15) is 0 Å². The lowest BCUT2D eigenvalue weighted by Crippen LogP contribution is -2.39. The predicted octanol–water partition coefficient (Wildman–Crippen LogP) is 6.05. The Morgan fingerprint density at radius 3 is 2.00 bits per heavy atom. The fraction of sp³-hybridized carbons (Fsp3) is 0.535. The molecule has 2 aliphatic heterocycles. The fourth-order valence-corrected chi connectivity index (χ4v) is 6.54. The normalized spacial score (nSPS) is 18.4. The van der Waals surface area contributed by atoms with Crippen LogP contribution in [0.15, 0.2) is 49.1 Å². The predicted molar refractivity (Wildman–Crippen MR) is 217 cm³/mol. The zero-order valence-electron chi connectivity index (χ0n) is 35.2. The molecule has 0 aromatic heterocycles. The first-order valence-corrected chi connectivity index (χ1v) is 20.2. The molecule has 2 heterocycles. The average molecular weight is 865 g/mol. The van der Waals surface area contributed by atoms with Crippen molar-refractivity contribution < 1.29 is 65.2 Å². The molecule has 4 rings (SSSR count). The molecule has 4 amide bonds. The molecule has 3 atom stereocenters. The second kappa shape index (κ2) is 23.0. The number of rotatable bonds is 21. The van der Waals surface area contributed by atoms with Crippen LogP contribution in [0.2, 0.25) is 0 Å². The number of alkyl halides is 2. The third-order valence-corrected chi connectivity index (χ3v) is 9.86. The molecular formula is C43H56F4N4O10. The molecule has 18 heteroatoms. The molecule has 2 aromatic carbocycles. The number of carbonyl (C=O) groups is 4. The second-order valence-corrected chi connectivity index (χ2v) is 15.3. The summed E-state index contributed by atoms with van der Waals surface area (Å²) >= 11 is 0. The highest BCUT2D eigenvalue weighted by molar-refractivity contribution is 5.92. The van der Waals surface area contributed by atoms with Crippen molar-refractivity contribution in [2.45, 2.75) is 64.6 Å². The smallest absolute Gasteiger partial charge is 0.407 e. The number of amides is 4. The van der Waals surface area contributed by atoms with Crippen molar-refractivity contribution in [2.24, 2.45) is 5.92 Å². The van der Waals surface area contributed by atoms with Crippen LogP contribution in [0.25, 0.3) is 6.08 Å². The number of nitrogens with one attached hydrogen (secondary N) is 2. The van der Waals surface area contributed by atoms with Crippen LogP contribution in [0.4, 0.5) is 27.2 Å². The van der Waals surface area contributed by atoms with Crippen molar-refractivity contribution in [1.82, 2.24) is 20.4 Å². The Bertz CT molecular complexity index is 1860. The van der Waals surface area contributed by atoms with Crippen LogP contribution in [0.1, 0.15) is 63.1 Å². The van der Waals surface area contributed by atoms with Gasteiger partial charge in [-0.1, -0.05) is 47.3 Å². The van der Waals surface area contributed by atoms with E-state index in [9.17, 15) is 32.3 Å². The summed E-state index contributed by atoms with van der Waals surface area (Å²) in [5.74, 6) is -4.75. The van der Waals surface area contributed by atoms with E-state index >= 15 is 4.39 Å². The molecule has 0 saturated carbocycles. The second-order valence-electron chi connectivity index (χ2n) is 15.3. The highest BCUT2D eigenvalue weighted by Gasteiger charge is 2.51. The number of nitrogens with zero attached hydrogens (tertiary/aromatic N) is 2. The maximum Gasteiger partial charge on any atom is 0.407 e. The lowest BCUT2D eigenvalue weighted by molar-refractivity contribution is -0.126. The Morgan fingerprint density at radius 1 is 0.787 bits per heavy atom. The number of benzene rings is 2. The number of hydrogen-bond donors (Lipinski definition) is 2. The van der Waals surface area contributed by atoms with E-state index in [2.05, 4.69) is 17.2 Å². The Labute approximate surface area is 353 Å². The molecule has 2 fully saturated rings. The van der Waals surface area contributed by atoms with Gasteiger partial charge in [0.25, 0.3) is 0 Å². The summed E-state index contributed by atoms with van der Waals surface area (Å²) in [5, 5.41) is 4.95. The van der Waals surface area contributed by atoms with E-state index in [0.29, 0.717) is 17.9 Å². The quantitative estimate of drug-likeness (QED) is 0.0862. The minimum absolute atomic E-state index is 0.00725. The van der Waals surface area contributed by atoms with Crippen LogP contribution in [0, 0.1) is 17.6 Å². The van der Waals surface area contributed by atoms with Crippen LogP contribution < -0.4 is 20.1 Å². The summed E-state index contributed by atoms with van der Waals surface area (Å²) < 4.78 is 90.0. The van der Waals surface area contributed by atoms with Crippen molar-refractivity contribution in [3.05, 3.63) is 77.4 Å². The van der Waals surface area contributed by atoms with Gasteiger partial charge in [0, 0.05) is 49.3 Å². The molecule has 0 spiro atoms. The van der Waals surface area contributed by atoms with Gasteiger partial charge in [-0.3, -0.25) is 9.59 Å². The SMILES string of the molecule is C=CC(=O)N1CC(OC(=O)NCCOCCOc2cc(F)c(C=CC(=O)N3C[C@H](C)[C@H](OC(=O)NCCOCCOc4cc(F)ccc4C(C)C)C3)cc2C(C)C)C(F)(F)C1. The highest BCUT2D eigenvalue weighted by atomic mass is 19.3. The third kappa shape index (κ3) is 14.7. The van der Waals surface area contributed by atoms with Crippen molar-refractivity contribution in [3.63, 3.8) is 0 Å². The van der Waals surface area contributed by atoms with Gasteiger partial charge in [-0.15, -0.1) is 0 Å². The molecular weight excluding hydrogens is 808 g/mol. The van der Waals surface area contributed by atoms with Gasteiger partial charge >= 0.3 is 18.1 Å². The minimum Gasteiger partial charge on any atom is -0.491 e. The topological polar surface area (TPSA) is 154 Å². The number of hydrogen-bond acceptors (Lipinski definition) is 10. The van der Waals surface area contributed by atoms with Crippen molar-refractivity contribution >= 4 is 30.1 Å². The summed E-state index contributed by atoms with van der Waals surface area (Å²) in [6.45, 7) is 13.0. The van der Waals surface area contributed by atoms with E-state index in [1.54, 1.807) is 12.1 Å². The molecule has 2 saturated heterocycles. The molecule has 2 N–H and O–H groups in total. The number of carbonyl (C=O) groups excluding carboxylic acids is 4. The lowest BCUT2D eigenvalue weighted by atomic mass is 9.99. The van der Waals surface area contributed by atoms with Crippen LogP contribution in [-0.2, 0) is 28.5 Å². The summed E-state index contributed by atoms with van der Waals surface area (Å²) in [7, 11) is 0. The van der Waals surface area contributed by atoms with Gasteiger partial charge in [0.2, 0.25) is 11.8 Å². The van der Waals surface area contributed by atoms with E-state index in [4.69, 9.17) is 28.4 Å². The molecule has 0 bridgehead atoms. The Morgan fingerprint density at radius 2 is 1.39 bits per heavy atom. The first kappa shape index (κ1) is 48.3. The number of ether oxygens (including phenoxy) is 6.